The highest BCUT2D eigenvalue weighted by Gasteiger charge is 2.36. The van der Waals surface area contributed by atoms with Crippen LogP contribution in [0, 0.1) is 0 Å². The molecule has 9 heteroatoms. The normalized spacial score (nSPS) is 16.6. The molecule has 0 unspecified atom stereocenters. The summed E-state index contributed by atoms with van der Waals surface area (Å²) in [5.41, 5.74) is 1.80. The van der Waals surface area contributed by atoms with E-state index in [1.54, 1.807) is 14.0 Å². The number of allylic oxidation sites excluding steroid dienone is 1. The first-order valence-corrected chi connectivity index (χ1v) is 7.53. The Morgan fingerprint density at radius 1 is 1.39 bits per heavy atom. The van der Waals surface area contributed by atoms with E-state index in [0.29, 0.717) is 23.0 Å². The minimum Gasteiger partial charge on any atom is -0.496 e. The highest BCUT2D eigenvalue weighted by molar-refractivity contribution is 9.10. The average Bonchev–Trinajstić information content (AvgIpc) is 3.00. The van der Waals surface area contributed by atoms with Crippen LogP contribution in [0.1, 0.15) is 18.5 Å². The minimum atomic E-state index is -0.554. The predicted molar refractivity (Wildman–Crippen MR) is 85.0 cm³/mol. The van der Waals surface area contributed by atoms with Crippen molar-refractivity contribution in [2.45, 2.75) is 13.0 Å². The molecule has 23 heavy (non-hydrogen) atoms. The highest BCUT2D eigenvalue weighted by atomic mass is 79.9. The number of nitrogens with one attached hydrogen (secondary N) is 1. The molecule has 0 saturated carbocycles. The molecule has 2 heterocycles. The molecule has 0 bridgehead atoms. The summed E-state index contributed by atoms with van der Waals surface area (Å²) in [6.07, 6.45) is 0. The van der Waals surface area contributed by atoms with Gasteiger partial charge < -0.3 is 14.8 Å². The van der Waals surface area contributed by atoms with Crippen LogP contribution in [0.3, 0.4) is 0 Å². The number of nitrogens with zero attached hydrogens (tertiary/aromatic N) is 4. The van der Waals surface area contributed by atoms with Gasteiger partial charge in [-0.15, -0.1) is 0 Å². The van der Waals surface area contributed by atoms with Crippen molar-refractivity contribution in [3.63, 3.8) is 0 Å². The monoisotopic (exact) mass is 379 g/mol. The Morgan fingerprint density at radius 3 is 2.87 bits per heavy atom. The molecule has 3 rings (SSSR count). The summed E-state index contributed by atoms with van der Waals surface area (Å²) in [6, 6.07) is 4.99. The van der Waals surface area contributed by atoms with Gasteiger partial charge in [0.1, 0.15) is 11.8 Å². The largest absolute Gasteiger partial charge is 0.496 e. The standard InChI is InChI=1S/C14H14BrN5O3/c1-7-11(13(21)23-3)12(20-14(16-7)17-18-19-20)9-6-8(15)4-5-10(9)22-2/h4-6,12H,1-3H3,(H,16,17,19)/t12-/m0/s1. The molecule has 1 aromatic carbocycles. The zero-order valence-electron chi connectivity index (χ0n) is 12.7. The number of aromatic nitrogens is 4. The van der Waals surface area contributed by atoms with Crippen molar-refractivity contribution in [2.24, 2.45) is 0 Å². The van der Waals surface area contributed by atoms with Crippen molar-refractivity contribution in [1.29, 1.82) is 0 Å². The average molecular weight is 380 g/mol. The predicted octanol–water partition coefficient (Wildman–Crippen LogP) is 1.91. The molecule has 0 radical (unpaired) electrons. The van der Waals surface area contributed by atoms with E-state index >= 15 is 0 Å². The third kappa shape index (κ3) is 2.56. The Labute approximate surface area is 140 Å². The minimum absolute atomic E-state index is 0.420. The molecular formula is C14H14BrN5O3. The molecule has 1 aliphatic rings. The van der Waals surface area contributed by atoms with Crippen LogP contribution in [0.4, 0.5) is 5.95 Å². The van der Waals surface area contributed by atoms with Gasteiger partial charge in [0, 0.05) is 15.7 Å². The van der Waals surface area contributed by atoms with Crippen molar-refractivity contribution >= 4 is 27.8 Å². The number of tetrazole rings is 1. The molecule has 1 atom stereocenters. The molecule has 0 fully saturated rings. The number of esters is 1. The van der Waals surface area contributed by atoms with Gasteiger partial charge >= 0.3 is 5.97 Å². The van der Waals surface area contributed by atoms with Gasteiger partial charge in [-0.3, -0.25) is 0 Å². The summed E-state index contributed by atoms with van der Waals surface area (Å²) in [7, 11) is 2.91. The Balaban J connectivity index is 2.26. The molecule has 0 aliphatic carbocycles. The van der Waals surface area contributed by atoms with E-state index in [2.05, 4.69) is 36.8 Å². The Bertz CT molecular complexity index is 801. The lowest BCUT2D eigenvalue weighted by molar-refractivity contribution is -0.136. The molecule has 1 N–H and O–H groups in total. The molecule has 0 amide bonds. The summed E-state index contributed by atoms with van der Waals surface area (Å²) in [5, 5.41) is 14.6. The van der Waals surface area contributed by atoms with Gasteiger partial charge in [0.05, 0.1) is 19.8 Å². The first-order chi connectivity index (χ1) is 11.1. The third-order valence-electron chi connectivity index (χ3n) is 3.61. The fourth-order valence-corrected chi connectivity index (χ4v) is 2.97. The first kappa shape index (κ1) is 15.5. The lowest BCUT2D eigenvalue weighted by Crippen LogP contribution is -2.29. The number of carbonyl (C=O) groups is 1. The fourth-order valence-electron chi connectivity index (χ4n) is 2.59. The van der Waals surface area contributed by atoms with E-state index in [1.807, 2.05) is 18.2 Å². The maximum absolute atomic E-state index is 12.3. The number of halogens is 1. The van der Waals surface area contributed by atoms with Crippen molar-refractivity contribution in [1.82, 2.24) is 20.2 Å². The van der Waals surface area contributed by atoms with Gasteiger partial charge in [-0.25, -0.2) is 4.79 Å². The van der Waals surface area contributed by atoms with E-state index < -0.39 is 12.0 Å². The maximum Gasteiger partial charge on any atom is 0.338 e. The van der Waals surface area contributed by atoms with Crippen LogP contribution in [0.2, 0.25) is 0 Å². The molecule has 8 nitrogen and oxygen atoms in total. The van der Waals surface area contributed by atoms with Crippen LogP contribution < -0.4 is 10.1 Å². The second-order valence-electron chi connectivity index (χ2n) is 4.89. The van der Waals surface area contributed by atoms with E-state index in [1.165, 1.54) is 11.8 Å². The number of hydrogen-bond acceptors (Lipinski definition) is 7. The second kappa shape index (κ2) is 5.99. The van der Waals surface area contributed by atoms with Crippen molar-refractivity contribution in [3.8, 4) is 5.75 Å². The van der Waals surface area contributed by atoms with Gasteiger partial charge in [-0.1, -0.05) is 21.0 Å². The number of rotatable bonds is 3. The Hall–Kier alpha value is -2.42. The van der Waals surface area contributed by atoms with Gasteiger partial charge in [0.15, 0.2) is 0 Å². The van der Waals surface area contributed by atoms with Gasteiger partial charge in [-0.2, -0.15) is 4.68 Å². The number of carbonyl (C=O) groups excluding carboxylic acids is 1. The Morgan fingerprint density at radius 2 is 2.17 bits per heavy atom. The lowest BCUT2D eigenvalue weighted by Gasteiger charge is -2.28. The van der Waals surface area contributed by atoms with Gasteiger partial charge in [0.25, 0.3) is 0 Å². The zero-order chi connectivity index (χ0) is 16.6. The van der Waals surface area contributed by atoms with Crippen LogP contribution in [-0.4, -0.2) is 40.4 Å². The SMILES string of the molecule is COC(=O)C1=C(C)Nc2nnnn2[C@H]1c1cc(Br)ccc1OC. The molecule has 2 aromatic rings. The van der Waals surface area contributed by atoms with E-state index in [0.717, 1.165) is 10.0 Å². The Kier molecular flexibility index (Phi) is 4.03. The van der Waals surface area contributed by atoms with Crippen LogP contribution in [0.15, 0.2) is 33.9 Å². The second-order valence-corrected chi connectivity index (χ2v) is 5.81. The lowest BCUT2D eigenvalue weighted by atomic mass is 9.95. The molecular weight excluding hydrogens is 366 g/mol. The number of fused-ring (bicyclic) bond motifs is 1. The molecule has 0 saturated heterocycles. The third-order valence-corrected chi connectivity index (χ3v) is 4.10. The van der Waals surface area contributed by atoms with Gasteiger partial charge in [-0.05, 0) is 35.5 Å². The molecule has 1 aromatic heterocycles. The van der Waals surface area contributed by atoms with Crippen LogP contribution in [0.25, 0.3) is 0 Å². The van der Waals surface area contributed by atoms with Crippen LogP contribution >= 0.6 is 15.9 Å². The van der Waals surface area contributed by atoms with Crippen LogP contribution in [0.5, 0.6) is 5.75 Å². The summed E-state index contributed by atoms with van der Waals surface area (Å²) in [4.78, 5) is 12.3. The summed E-state index contributed by atoms with van der Waals surface area (Å²) >= 11 is 3.45. The molecule has 1 aliphatic heterocycles. The number of methoxy groups -OCH3 is 2. The smallest absolute Gasteiger partial charge is 0.338 e. The number of ether oxygens (including phenoxy) is 2. The number of hydrogen-bond donors (Lipinski definition) is 1. The van der Waals surface area contributed by atoms with E-state index in [-0.39, 0.29) is 0 Å². The fraction of sp³-hybridized carbons (Fsp3) is 0.286. The van der Waals surface area contributed by atoms with Crippen molar-refractivity contribution in [2.75, 3.05) is 19.5 Å². The number of anilines is 1. The quantitative estimate of drug-likeness (QED) is 0.814. The topological polar surface area (TPSA) is 91.2 Å². The summed E-state index contributed by atoms with van der Waals surface area (Å²) < 4.78 is 12.8. The zero-order valence-corrected chi connectivity index (χ0v) is 14.3. The summed E-state index contributed by atoms with van der Waals surface area (Å²) in [6.45, 7) is 1.78. The summed E-state index contributed by atoms with van der Waals surface area (Å²) in [5.74, 6) is 0.612. The van der Waals surface area contributed by atoms with Crippen LogP contribution in [-0.2, 0) is 9.53 Å². The van der Waals surface area contributed by atoms with E-state index in [9.17, 15) is 4.79 Å². The van der Waals surface area contributed by atoms with Gasteiger partial charge in [0.2, 0.25) is 5.95 Å². The number of benzene rings is 1. The maximum atomic E-state index is 12.3. The van der Waals surface area contributed by atoms with Crippen molar-refractivity contribution in [3.05, 3.63) is 39.5 Å². The van der Waals surface area contributed by atoms with E-state index in [4.69, 9.17) is 9.47 Å². The van der Waals surface area contributed by atoms with Crippen molar-refractivity contribution < 1.29 is 14.3 Å². The first-order valence-electron chi connectivity index (χ1n) is 6.74. The molecule has 0 spiro atoms. The molecule has 120 valence electrons. The highest BCUT2D eigenvalue weighted by Crippen LogP contribution is 2.39.